The topological polar surface area (TPSA) is 78.8 Å². The number of carbonyl (C=O) groups is 2. The van der Waals surface area contributed by atoms with Crippen molar-refractivity contribution in [1.29, 1.82) is 0 Å². The van der Waals surface area contributed by atoms with Crippen LogP contribution in [0.2, 0.25) is 0 Å². The maximum atomic E-state index is 12.2. The molecule has 0 saturated carbocycles. The highest BCUT2D eigenvalue weighted by Gasteiger charge is 2.31. The first-order valence-corrected chi connectivity index (χ1v) is 9.90. The van der Waals surface area contributed by atoms with Crippen LogP contribution < -0.4 is 5.32 Å². The molecule has 2 N–H and O–H groups in total. The lowest BCUT2D eigenvalue weighted by atomic mass is 9.80. The second kappa shape index (κ2) is 11.1. The van der Waals surface area contributed by atoms with Crippen molar-refractivity contribution in [2.75, 3.05) is 12.3 Å². The van der Waals surface area contributed by atoms with Crippen LogP contribution >= 0.6 is 11.8 Å². The van der Waals surface area contributed by atoms with Crippen molar-refractivity contribution in [3.8, 4) is 0 Å². The molecule has 1 aliphatic rings. The number of hydrogen-bond donors (Lipinski definition) is 2. The molecule has 0 bridgehead atoms. The van der Waals surface area contributed by atoms with Gasteiger partial charge in [-0.1, -0.05) is 49.4 Å². The van der Waals surface area contributed by atoms with Crippen molar-refractivity contribution in [1.82, 2.24) is 5.32 Å². The number of aliphatic imine (C=N–C) groups is 1. The standard InChI is InChI=1S/C19H30N2O3S/c1-5-13(3)8-7-9-14(4)15(6-2)16(18(23)24)12-17(22)21-19-20-10-11-25-19/h8,15-16H,4-7,9-12H2,1-3H3,(H,23,24)(H,20,21,22)/b13-8+. The van der Waals surface area contributed by atoms with Crippen molar-refractivity contribution in [3.05, 3.63) is 23.8 Å². The van der Waals surface area contributed by atoms with E-state index in [-0.39, 0.29) is 18.2 Å². The van der Waals surface area contributed by atoms with E-state index in [1.165, 1.54) is 17.3 Å². The Bertz CT molecular complexity index is 555. The van der Waals surface area contributed by atoms with Gasteiger partial charge in [0.25, 0.3) is 0 Å². The van der Waals surface area contributed by atoms with Gasteiger partial charge in [-0.2, -0.15) is 0 Å². The van der Waals surface area contributed by atoms with Crippen molar-refractivity contribution in [3.63, 3.8) is 0 Å². The zero-order valence-electron chi connectivity index (χ0n) is 15.5. The van der Waals surface area contributed by atoms with Gasteiger partial charge in [0.05, 0.1) is 12.5 Å². The summed E-state index contributed by atoms with van der Waals surface area (Å²) in [4.78, 5) is 28.1. The van der Waals surface area contributed by atoms with Crippen molar-refractivity contribution in [2.45, 2.75) is 52.9 Å². The molecule has 2 atom stereocenters. The number of aliphatic carboxylic acids is 1. The van der Waals surface area contributed by atoms with E-state index in [9.17, 15) is 14.7 Å². The second-order valence-electron chi connectivity index (χ2n) is 6.35. The fourth-order valence-corrected chi connectivity index (χ4v) is 3.62. The molecule has 0 saturated heterocycles. The minimum atomic E-state index is -0.940. The average Bonchev–Trinajstić information content (AvgIpc) is 3.07. The fraction of sp³-hybridized carbons (Fsp3) is 0.632. The van der Waals surface area contributed by atoms with Gasteiger partial charge in [-0.3, -0.25) is 14.6 Å². The first-order valence-electron chi connectivity index (χ1n) is 8.92. The summed E-state index contributed by atoms with van der Waals surface area (Å²) >= 11 is 1.49. The Kier molecular flexibility index (Phi) is 9.57. The lowest BCUT2D eigenvalue weighted by Gasteiger charge is -2.24. The number of allylic oxidation sites excluding steroid dienone is 3. The summed E-state index contributed by atoms with van der Waals surface area (Å²) in [5, 5.41) is 12.9. The summed E-state index contributed by atoms with van der Waals surface area (Å²) in [5.41, 5.74) is 2.24. The summed E-state index contributed by atoms with van der Waals surface area (Å²) in [6, 6.07) is 0. The number of nitrogens with zero attached hydrogens (tertiary/aromatic N) is 1. The molecule has 0 aromatic carbocycles. The summed E-state index contributed by atoms with van der Waals surface area (Å²) < 4.78 is 0. The molecular weight excluding hydrogens is 336 g/mol. The number of thioether (sulfide) groups is 1. The van der Waals surface area contributed by atoms with Crippen LogP contribution in [0.15, 0.2) is 28.8 Å². The fourth-order valence-electron chi connectivity index (χ4n) is 2.87. The molecule has 0 spiro atoms. The van der Waals surface area contributed by atoms with E-state index >= 15 is 0 Å². The summed E-state index contributed by atoms with van der Waals surface area (Å²) in [7, 11) is 0. The molecule has 5 nitrogen and oxygen atoms in total. The van der Waals surface area contributed by atoms with Gasteiger partial charge in [0, 0.05) is 12.2 Å². The second-order valence-corrected chi connectivity index (χ2v) is 7.43. The van der Waals surface area contributed by atoms with Gasteiger partial charge >= 0.3 is 5.97 Å². The Morgan fingerprint density at radius 1 is 1.40 bits per heavy atom. The van der Waals surface area contributed by atoms with Crippen LogP contribution in [-0.2, 0) is 9.59 Å². The largest absolute Gasteiger partial charge is 0.481 e. The van der Waals surface area contributed by atoms with Crippen LogP contribution in [0.5, 0.6) is 0 Å². The van der Waals surface area contributed by atoms with E-state index < -0.39 is 11.9 Å². The quantitative estimate of drug-likeness (QED) is 0.573. The predicted octanol–water partition coefficient (Wildman–Crippen LogP) is 4.02. The number of amidine groups is 1. The molecule has 6 heteroatoms. The zero-order valence-corrected chi connectivity index (χ0v) is 16.3. The van der Waals surface area contributed by atoms with Gasteiger partial charge in [-0.05, 0) is 38.5 Å². The van der Waals surface area contributed by atoms with Crippen molar-refractivity contribution in [2.24, 2.45) is 16.8 Å². The van der Waals surface area contributed by atoms with Crippen LogP contribution in [0.1, 0.15) is 52.9 Å². The molecule has 0 aromatic rings. The third-order valence-electron chi connectivity index (χ3n) is 4.52. The molecule has 1 rings (SSSR count). The van der Waals surface area contributed by atoms with Gasteiger partial charge in [0.1, 0.15) is 0 Å². The maximum absolute atomic E-state index is 12.2. The molecule has 2 unspecified atom stereocenters. The molecule has 25 heavy (non-hydrogen) atoms. The molecule has 1 amide bonds. The Balaban J connectivity index is 2.67. The SMILES string of the molecule is C=C(CC/C=C(\C)CC)C(CC)C(CC(=O)NC1=NCCS1)C(=O)O. The van der Waals surface area contributed by atoms with Crippen molar-refractivity contribution >= 4 is 28.8 Å². The molecule has 1 heterocycles. The van der Waals surface area contributed by atoms with E-state index in [1.54, 1.807) is 0 Å². The third-order valence-corrected chi connectivity index (χ3v) is 5.41. The molecule has 0 radical (unpaired) electrons. The third kappa shape index (κ3) is 7.46. The van der Waals surface area contributed by atoms with Crippen LogP contribution in [0, 0.1) is 11.8 Å². The van der Waals surface area contributed by atoms with Gasteiger partial charge in [-0.15, -0.1) is 0 Å². The number of carbonyl (C=O) groups excluding carboxylic acids is 1. The highest BCUT2D eigenvalue weighted by Crippen LogP contribution is 2.29. The minimum absolute atomic E-state index is 0.0454. The highest BCUT2D eigenvalue weighted by atomic mass is 32.2. The monoisotopic (exact) mass is 366 g/mol. The first-order chi connectivity index (χ1) is 11.9. The summed E-state index contributed by atoms with van der Waals surface area (Å²) in [6.45, 7) is 11.0. The van der Waals surface area contributed by atoms with E-state index in [0.717, 1.165) is 30.6 Å². The smallest absolute Gasteiger partial charge is 0.307 e. The number of nitrogens with one attached hydrogen (secondary N) is 1. The van der Waals surface area contributed by atoms with Crippen molar-refractivity contribution < 1.29 is 14.7 Å². The maximum Gasteiger partial charge on any atom is 0.307 e. The lowest BCUT2D eigenvalue weighted by molar-refractivity contribution is -0.145. The Morgan fingerprint density at radius 2 is 2.12 bits per heavy atom. The number of hydrogen-bond acceptors (Lipinski definition) is 4. The Labute approximate surface area is 155 Å². The lowest BCUT2D eigenvalue weighted by Crippen LogP contribution is -2.34. The van der Waals surface area contributed by atoms with Crippen LogP contribution in [-0.4, -0.2) is 34.4 Å². The average molecular weight is 367 g/mol. The minimum Gasteiger partial charge on any atom is -0.481 e. The number of carboxylic acid groups (broad SMARTS) is 1. The molecule has 1 aliphatic heterocycles. The zero-order chi connectivity index (χ0) is 18.8. The number of amides is 1. The van der Waals surface area contributed by atoms with Crippen LogP contribution in [0.3, 0.4) is 0 Å². The van der Waals surface area contributed by atoms with E-state index in [4.69, 9.17) is 0 Å². The summed E-state index contributed by atoms with van der Waals surface area (Å²) in [6.07, 6.45) is 5.43. The molecular formula is C19H30N2O3S. The Morgan fingerprint density at radius 3 is 2.64 bits per heavy atom. The number of carboxylic acids is 1. The van der Waals surface area contributed by atoms with Gasteiger partial charge in [-0.25, -0.2) is 0 Å². The van der Waals surface area contributed by atoms with Gasteiger partial charge in [0.15, 0.2) is 5.17 Å². The molecule has 0 aliphatic carbocycles. The van der Waals surface area contributed by atoms with Gasteiger partial charge in [0.2, 0.25) is 5.91 Å². The van der Waals surface area contributed by atoms with Crippen LogP contribution in [0.25, 0.3) is 0 Å². The van der Waals surface area contributed by atoms with Crippen LogP contribution in [0.4, 0.5) is 0 Å². The van der Waals surface area contributed by atoms with E-state index in [2.05, 4.69) is 36.8 Å². The van der Waals surface area contributed by atoms with Gasteiger partial charge < -0.3 is 10.4 Å². The molecule has 140 valence electrons. The Hall–Kier alpha value is -1.56. The molecule has 0 aromatic heterocycles. The predicted molar refractivity (Wildman–Crippen MR) is 105 cm³/mol. The van der Waals surface area contributed by atoms with E-state index in [0.29, 0.717) is 18.1 Å². The normalized spacial score (nSPS) is 16.9. The molecule has 0 fully saturated rings. The first kappa shape index (κ1) is 21.5. The highest BCUT2D eigenvalue weighted by molar-refractivity contribution is 8.14. The van der Waals surface area contributed by atoms with E-state index in [1.807, 2.05) is 6.92 Å². The number of rotatable bonds is 10. The summed E-state index contributed by atoms with van der Waals surface area (Å²) in [5.74, 6) is -1.31.